The summed E-state index contributed by atoms with van der Waals surface area (Å²) < 4.78 is 5.13. The Morgan fingerprint density at radius 1 is 1.12 bits per heavy atom. The largest absolute Gasteiger partial charge is 0.506 e. The van der Waals surface area contributed by atoms with E-state index in [-0.39, 0.29) is 41.3 Å². The number of rotatable bonds is 12. The van der Waals surface area contributed by atoms with Gasteiger partial charge in [-0.2, -0.15) is 0 Å². The number of phenolic OH excluding ortho intramolecular Hbond substituents is 1. The van der Waals surface area contributed by atoms with E-state index in [0.717, 1.165) is 11.3 Å². The van der Waals surface area contributed by atoms with Crippen LogP contribution in [0.15, 0.2) is 42.5 Å². The van der Waals surface area contributed by atoms with E-state index in [4.69, 9.17) is 9.84 Å². The molecule has 184 valence electrons. The van der Waals surface area contributed by atoms with Crippen molar-refractivity contribution < 1.29 is 45.0 Å². The summed E-state index contributed by atoms with van der Waals surface area (Å²) in [5, 5.41) is 44.9. The average molecular weight is 476 g/mol. The van der Waals surface area contributed by atoms with Crippen molar-refractivity contribution in [2.24, 2.45) is 0 Å². The van der Waals surface area contributed by atoms with Crippen molar-refractivity contribution in [2.45, 2.75) is 25.5 Å². The minimum absolute atomic E-state index is 0. The number of phenols is 1. The molecule has 1 amide bonds. The molecule has 2 aromatic rings. The minimum atomic E-state index is -1.61. The lowest BCUT2D eigenvalue weighted by Crippen LogP contribution is -2.32. The summed E-state index contributed by atoms with van der Waals surface area (Å²) in [4.78, 5) is 33.9. The number of aliphatic hydroxyl groups is 1. The SMILES string of the molecule is COc1ccc(CC(C)NCC(O)c2ccc(O)c(NC=O)c2/C(=C/C(=O)O)C(=O)O)cc1.O. The lowest BCUT2D eigenvalue weighted by atomic mass is 9.93. The standard InChI is InChI=1S/C23H26N2O8.H2O/c1-13(9-14-3-5-15(33-2)6-4-14)24-11-19(28)16-7-8-18(27)22(25-12-26)21(16)17(23(31)32)10-20(29)30;/h3-8,10,12-13,19,24,27-28H,9,11H2,1-2H3,(H,25,26)(H,29,30)(H,31,32);1H2/b17-10-;. The van der Waals surface area contributed by atoms with Crippen molar-refractivity contribution in [2.75, 3.05) is 19.0 Å². The normalized spacial score (nSPS) is 12.7. The Labute approximate surface area is 195 Å². The van der Waals surface area contributed by atoms with Crippen LogP contribution in [0.3, 0.4) is 0 Å². The molecule has 0 radical (unpaired) electrons. The van der Waals surface area contributed by atoms with E-state index in [2.05, 4.69) is 10.6 Å². The molecule has 0 saturated heterocycles. The number of carboxylic acid groups (broad SMARTS) is 2. The third kappa shape index (κ3) is 7.30. The highest BCUT2D eigenvalue weighted by Gasteiger charge is 2.26. The van der Waals surface area contributed by atoms with Gasteiger partial charge in [0.2, 0.25) is 6.41 Å². The van der Waals surface area contributed by atoms with Crippen LogP contribution in [-0.4, -0.2) is 63.9 Å². The van der Waals surface area contributed by atoms with E-state index in [1.54, 1.807) is 7.11 Å². The second-order valence-corrected chi connectivity index (χ2v) is 7.26. The summed E-state index contributed by atoms with van der Waals surface area (Å²) in [6.07, 6.45) is 0.00600. The van der Waals surface area contributed by atoms with Crippen molar-refractivity contribution >= 4 is 29.6 Å². The first-order valence-electron chi connectivity index (χ1n) is 9.96. The molecular weight excluding hydrogens is 448 g/mol. The van der Waals surface area contributed by atoms with Crippen LogP contribution in [0.1, 0.15) is 29.7 Å². The Bertz CT molecular complexity index is 1040. The van der Waals surface area contributed by atoms with E-state index in [9.17, 15) is 29.7 Å². The molecule has 2 aromatic carbocycles. The van der Waals surface area contributed by atoms with Crippen molar-refractivity contribution in [1.29, 1.82) is 0 Å². The molecule has 0 spiro atoms. The first kappa shape index (κ1) is 28.1. The summed E-state index contributed by atoms with van der Waals surface area (Å²) in [5.74, 6) is -2.89. The number of hydrogen-bond acceptors (Lipinski definition) is 7. The monoisotopic (exact) mass is 476 g/mol. The Balaban J connectivity index is 0.00000578. The number of carbonyl (C=O) groups is 3. The summed E-state index contributed by atoms with van der Waals surface area (Å²) >= 11 is 0. The molecule has 2 unspecified atom stereocenters. The molecule has 11 heteroatoms. The summed E-state index contributed by atoms with van der Waals surface area (Å²) in [7, 11) is 1.58. The van der Waals surface area contributed by atoms with Gasteiger partial charge in [0.05, 0.1) is 24.5 Å². The van der Waals surface area contributed by atoms with E-state index in [1.807, 2.05) is 31.2 Å². The zero-order valence-corrected chi connectivity index (χ0v) is 18.6. The highest BCUT2D eigenvalue weighted by molar-refractivity contribution is 6.22. The number of ether oxygens (including phenoxy) is 1. The van der Waals surface area contributed by atoms with Crippen LogP contribution in [0.4, 0.5) is 5.69 Å². The zero-order valence-electron chi connectivity index (χ0n) is 18.6. The molecule has 0 fully saturated rings. The van der Waals surface area contributed by atoms with Crippen LogP contribution in [0.5, 0.6) is 11.5 Å². The Kier molecular flexibility index (Phi) is 10.7. The van der Waals surface area contributed by atoms with Gasteiger partial charge in [0.25, 0.3) is 0 Å². The van der Waals surface area contributed by atoms with Gasteiger partial charge in [0.1, 0.15) is 11.5 Å². The predicted molar refractivity (Wildman–Crippen MR) is 124 cm³/mol. The van der Waals surface area contributed by atoms with Gasteiger partial charge in [0.15, 0.2) is 0 Å². The first-order valence-corrected chi connectivity index (χ1v) is 9.96. The highest BCUT2D eigenvalue weighted by atomic mass is 16.5. The molecule has 2 atom stereocenters. The second-order valence-electron chi connectivity index (χ2n) is 7.26. The maximum atomic E-state index is 11.8. The number of nitrogens with one attached hydrogen (secondary N) is 2. The number of amides is 1. The number of carbonyl (C=O) groups excluding carboxylic acids is 1. The van der Waals surface area contributed by atoms with Crippen molar-refractivity contribution in [3.8, 4) is 11.5 Å². The van der Waals surface area contributed by atoms with E-state index in [0.29, 0.717) is 12.5 Å². The lowest BCUT2D eigenvalue weighted by Gasteiger charge is -2.22. The molecule has 0 aliphatic carbocycles. The van der Waals surface area contributed by atoms with E-state index in [1.165, 1.54) is 12.1 Å². The molecule has 34 heavy (non-hydrogen) atoms. The fourth-order valence-corrected chi connectivity index (χ4v) is 3.36. The number of aliphatic hydroxyl groups excluding tert-OH is 1. The van der Waals surface area contributed by atoms with Crippen LogP contribution in [0.25, 0.3) is 5.57 Å². The number of methoxy groups -OCH3 is 1. The average Bonchev–Trinajstić information content (AvgIpc) is 2.77. The Morgan fingerprint density at radius 3 is 2.29 bits per heavy atom. The number of hydrogen-bond donors (Lipinski definition) is 6. The number of carboxylic acids is 2. The molecule has 0 heterocycles. The summed E-state index contributed by atoms with van der Waals surface area (Å²) in [6.45, 7) is 1.90. The van der Waals surface area contributed by atoms with Gasteiger partial charge in [-0.25, -0.2) is 9.59 Å². The van der Waals surface area contributed by atoms with Gasteiger partial charge >= 0.3 is 11.9 Å². The van der Waals surface area contributed by atoms with Crippen LogP contribution in [0.2, 0.25) is 0 Å². The van der Waals surface area contributed by atoms with Crippen molar-refractivity contribution in [1.82, 2.24) is 5.32 Å². The molecule has 0 aliphatic rings. The van der Waals surface area contributed by atoms with Gasteiger partial charge in [0, 0.05) is 24.2 Å². The van der Waals surface area contributed by atoms with E-state index < -0.39 is 29.4 Å². The van der Waals surface area contributed by atoms with Crippen LogP contribution in [0, 0.1) is 0 Å². The summed E-state index contributed by atoms with van der Waals surface area (Å²) in [6, 6.07) is 9.88. The van der Waals surface area contributed by atoms with E-state index >= 15 is 0 Å². The van der Waals surface area contributed by atoms with Crippen LogP contribution < -0.4 is 15.4 Å². The van der Waals surface area contributed by atoms with Crippen molar-refractivity contribution in [3.63, 3.8) is 0 Å². The minimum Gasteiger partial charge on any atom is -0.506 e. The number of benzene rings is 2. The molecule has 8 N–H and O–H groups in total. The number of aliphatic carboxylic acids is 2. The summed E-state index contributed by atoms with van der Waals surface area (Å²) in [5.41, 5.74) is -0.262. The maximum Gasteiger partial charge on any atom is 0.336 e. The Hall–Kier alpha value is -3.93. The van der Waals surface area contributed by atoms with Crippen LogP contribution in [-0.2, 0) is 20.8 Å². The maximum absolute atomic E-state index is 11.8. The number of anilines is 1. The predicted octanol–water partition coefficient (Wildman–Crippen LogP) is 0.951. The zero-order chi connectivity index (χ0) is 24.5. The molecule has 11 nitrogen and oxygen atoms in total. The molecule has 0 saturated carbocycles. The second kappa shape index (κ2) is 12.9. The fourth-order valence-electron chi connectivity index (χ4n) is 3.36. The van der Waals surface area contributed by atoms with Gasteiger partial charge in [-0.05, 0) is 42.7 Å². The van der Waals surface area contributed by atoms with Crippen LogP contribution >= 0.6 is 0 Å². The third-order valence-corrected chi connectivity index (χ3v) is 4.91. The molecular formula is C23H28N2O9. The molecule has 0 aliphatic heterocycles. The van der Waals surface area contributed by atoms with Gasteiger partial charge in [-0.1, -0.05) is 18.2 Å². The van der Waals surface area contributed by atoms with Gasteiger partial charge < -0.3 is 41.3 Å². The molecule has 0 bridgehead atoms. The van der Waals surface area contributed by atoms with Crippen molar-refractivity contribution in [3.05, 3.63) is 59.2 Å². The molecule has 2 rings (SSSR count). The lowest BCUT2D eigenvalue weighted by molar-refractivity contribution is -0.133. The quantitative estimate of drug-likeness (QED) is 0.147. The van der Waals surface area contributed by atoms with Gasteiger partial charge in [-0.15, -0.1) is 0 Å². The highest BCUT2D eigenvalue weighted by Crippen LogP contribution is 2.37. The molecule has 0 aromatic heterocycles. The smallest absolute Gasteiger partial charge is 0.336 e. The first-order chi connectivity index (χ1) is 15.7. The number of aromatic hydroxyl groups is 1. The van der Waals surface area contributed by atoms with Gasteiger partial charge in [-0.3, -0.25) is 4.79 Å². The fraction of sp³-hybridized carbons (Fsp3) is 0.261. The third-order valence-electron chi connectivity index (χ3n) is 4.91. The topological polar surface area (TPSA) is 197 Å². The Morgan fingerprint density at radius 2 is 1.76 bits per heavy atom.